The number of hydrogen-bond acceptors (Lipinski definition) is 3. The van der Waals surface area contributed by atoms with Crippen LogP contribution in [0, 0.1) is 0 Å². The van der Waals surface area contributed by atoms with Gasteiger partial charge in [-0.2, -0.15) is 0 Å². The van der Waals surface area contributed by atoms with Gasteiger partial charge in [-0.15, -0.1) is 0 Å². The van der Waals surface area contributed by atoms with E-state index in [9.17, 15) is 4.79 Å². The van der Waals surface area contributed by atoms with E-state index in [4.69, 9.17) is 0 Å². The monoisotopic (exact) mass is 205 g/mol. The van der Waals surface area contributed by atoms with E-state index in [0.717, 1.165) is 13.1 Å². The zero-order valence-electron chi connectivity index (χ0n) is 8.85. The Morgan fingerprint density at radius 2 is 2.20 bits per heavy atom. The Kier molecular flexibility index (Phi) is 3.02. The Labute approximate surface area is 89.7 Å². The molecule has 1 saturated heterocycles. The highest BCUT2D eigenvalue weighted by Gasteiger charge is 2.34. The Bertz CT molecular complexity index is 337. The molecule has 80 valence electrons. The molecule has 0 amide bonds. The first-order chi connectivity index (χ1) is 7.31. The summed E-state index contributed by atoms with van der Waals surface area (Å²) in [5.74, 6) is -0.131. The molecule has 1 heterocycles. The molecule has 0 bridgehead atoms. The van der Waals surface area contributed by atoms with Crippen molar-refractivity contribution in [1.29, 1.82) is 0 Å². The first-order valence-electron chi connectivity index (χ1n) is 5.17. The number of benzene rings is 1. The lowest BCUT2D eigenvalue weighted by Crippen LogP contribution is -2.09. The molecule has 1 aliphatic heterocycles. The second-order valence-corrected chi connectivity index (χ2v) is 3.75. The van der Waals surface area contributed by atoms with E-state index in [2.05, 4.69) is 21.8 Å². The summed E-state index contributed by atoms with van der Waals surface area (Å²) in [5, 5.41) is 0. The van der Waals surface area contributed by atoms with Crippen LogP contribution in [0.1, 0.15) is 18.0 Å². The van der Waals surface area contributed by atoms with E-state index in [1.165, 1.54) is 12.7 Å². The normalized spacial score (nSPS) is 23.5. The maximum atomic E-state index is 10.9. The highest BCUT2D eigenvalue weighted by Crippen LogP contribution is 2.34. The lowest BCUT2D eigenvalue weighted by molar-refractivity contribution is -0.140. The molecule has 3 nitrogen and oxygen atoms in total. The molecule has 3 heteroatoms. The third-order valence-corrected chi connectivity index (χ3v) is 2.73. The van der Waals surface area contributed by atoms with Crippen LogP contribution in [0.3, 0.4) is 0 Å². The van der Waals surface area contributed by atoms with Crippen molar-refractivity contribution in [3.63, 3.8) is 0 Å². The van der Waals surface area contributed by atoms with Crippen molar-refractivity contribution in [2.24, 2.45) is 0 Å². The summed E-state index contributed by atoms with van der Waals surface area (Å²) < 4.78 is 4.60. The predicted octanol–water partition coefficient (Wildman–Crippen LogP) is 1.61. The van der Waals surface area contributed by atoms with Crippen molar-refractivity contribution >= 4 is 5.97 Å². The van der Waals surface area contributed by atoms with Gasteiger partial charge in [0.25, 0.3) is 0 Å². The first kappa shape index (κ1) is 10.2. The smallest absolute Gasteiger partial charge is 0.306 e. The van der Waals surface area contributed by atoms with Crippen LogP contribution in [0.15, 0.2) is 30.3 Å². The van der Waals surface area contributed by atoms with Gasteiger partial charge in [0.05, 0.1) is 13.5 Å². The number of carbonyl (C=O) groups is 1. The van der Waals surface area contributed by atoms with Crippen molar-refractivity contribution in [1.82, 2.24) is 4.90 Å². The third kappa shape index (κ3) is 2.57. The Balaban J connectivity index is 1.79. The minimum absolute atomic E-state index is 0.131. The molecule has 1 aliphatic rings. The molecule has 1 aromatic carbocycles. The molecule has 1 fully saturated rings. The van der Waals surface area contributed by atoms with Gasteiger partial charge < -0.3 is 4.74 Å². The van der Waals surface area contributed by atoms with Crippen LogP contribution in [0.2, 0.25) is 0 Å². The average molecular weight is 205 g/mol. The Morgan fingerprint density at radius 3 is 2.87 bits per heavy atom. The fourth-order valence-corrected chi connectivity index (χ4v) is 1.75. The summed E-state index contributed by atoms with van der Waals surface area (Å²) in [6.07, 6.45) is 0.486. The maximum Gasteiger partial charge on any atom is 0.306 e. The van der Waals surface area contributed by atoms with Crippen LogP contribution < -0.4 is 0 Å². The zero-order chi connectivity index (χ0) is 10.7. The summed E-state index contributed by atoms with van der Waals surface area (Å²) in [6.45, 7) is 1.85. The first-order valence-corrected chi connectivity index (χ1v) is 5.17. The highest BCUT2D eigenvalue weighted by molar-refractivity contribution is 5.69. The Hall–Kier alpha value is -1.35. The van der Waals surface area contributed by atoms with Crippen LogP contribution >= 0.6 is 0 Å². The number of nitrogens with zero attached hydrogens (tertiary/aromatic N) is 1. The Morgan fingerprint density at radius 1 is 1.47 bits per heavy atom. The third-order valence-electron chi connectivity index (χ3n) is 2.73. The van der Waals surface area contributed by atoms with Gasteiger partial charge in [0.15, 0.2) is 0 Å². The number of ether oxygens (including phenoxy) is 1. The van der Waals surface area contributed by atoms with Gasteiger partial charge in [-0.05, 0) is 5.56 Å². The lowest BCUT2D eigenvalue weighted by Gasteiger charge is -2.02. The van der Waals surface area contributed by atoms with Crippen LogP contribution in [-0.4, -0.2) is 31.1 Å². The molecular weight excluding hydrogens is 190 g/mol. The molecule has 0 spiro atoms. The number of methoxy groups -OCH3 is 1. The van der Waals surface area contributed by atoms with E-state index < -0.39 is 0 Å². The van der Waals surface area contributed by atoms with Gasteiger partial charge >= 0.3 is 5.97 Å². The highest BCUT2D eigenvalue weighted by atomic mass is 16.5. The maximum absolute atomic E-state index is 10.9. The van der Waals surface area contributed by atoms with Gasteiger partial charge in [0.2, 0.25) is 0 Å². The van der Waals surface area contributed by atoms with Gasteiger partial charge in [-0.25, -0.2) is 0 Å². The molecule has 0 saturated carbocycles. The fourth-order valence-electron chi connectivity index (χ4n) is 1.75. The summed E-state index contributed by atoms with van der Waals surface area (Å²) in [7, 11) is 1.43. The van der Waals surface area contributed by atoms with Crippen molar-refractivity contribution in [2.45, 2.75) is 12.5 Å². The van der Waals surface area contributed by atoms with E-state index in [0.29, 0.717) is 12.5 Å². The van der Waals surface area contributed by atoms with Crippen LogP contribution in [0.25, 0.3) is 0 Å². The number of hydrogen-bond donors (Lipinski definition) is 0. The molecule has 15 heavy (non-hydrogen) atoms. The molecule has 2 atom stereocenters. The second kappa shape index (κ2) is 4.45. The minimum Gasteiger partial charge on any atom is -0.469 e. The van der Waals surface area contributed by atoms with Gasteiger partial charge in [-0.1, -0.05) is 30.3 Å². The van der Waals surface area contributed by atoms with E-state index >= 15 is 0 Å². The molecule has 0 N–H and O–H groups in total. The molecule has 0 aliphatic carbocycles. The summed E-state index contributed by atoms with van der Waals surface area (Å²) in [4.78, 5) is 13.2. The van der Waals surface area contributed by atoms with Crippen LogP contribution in [-0.2, 0) is 9.53 Å². The summed E-state index contributed by atoms with van der Waals surface area (Å²) in [5.41, 5.74) is 1.34. The minimum atomic E-state index is -0.131. The molecule has 2 rings (SSSR count). The quantitative estimate of drug-likeness (QED) is 0.552. The fraction of sp³-hybridized carbons (Fsp3) is 0.417. The van der Waals surface area contributed by atoms with Gasteiger partial charge in [0.1, 0.15) is 0 Å². The number of esters is 1. The summed E-state index contributed by atoms with van der Waals surface area (Å²) >= 11 is 0. The topological polar surface area (TPSA) is 29.3 Å². The van der Waals surface area contributed by atoms with Gasteiger partial charge in [0, 0.05) is 19.1 Å². The SMILES string of the molecule is COC(=O)CCN1CC1c1ccccc1. The molecule has 0 aromatic heterocycles. The molecular formula is C12H15NO2. The van der Waals surface area contributed by atoms with Crippen molar-refractivity contribution in [3.05, 3.63) is 35.9 Å². The van der Waals surface area contributed by atoms with Crippen molar-refractivity contribution in [3.8, 4) is 0 Å². The average Bonchev–Trinajstić information content (AvgIpc) is 3.06. The molecule has 0 radical (unpaired) electrons. The number of carbonyl (C=O) groups excluding carboxylic acids is 1. The molecule has 2 unspecified atom stereocenters. The predicted molar refractivity (Wildman–Crippen MR) is 57.4 cm³/mol. The number of rotatable bonds is 4. The van der Waals surface area contributed by atoms with E-state index in [1.807, 2.05) is 18.2 Å². The van der Waals surface area contributed by atoms with Gasteiger partial charge in [-0.3, -0.25) is 9.69 Å². The van der Waals surface area contributed by atoms with Crippen LogP contribution in [0.5, 0.6) is 0 Å². The van der Waals surface area contributed by atoms with Crippen molar-refractivity contribution in [2.75, 3.05) is 20.2 Å². The molecule has 1 aromatic rings. The van der Waals surface area contributed by atoms with E-state index in [-0.39, 0.29) is 5.97 Å². The lowest BCUT2D eigenvalue weighted by atomic mass is 10.2. The van der Waals surface area contributed by atoms with Crippen LogP contribution in [0.4, 0.5) is 0 Å². The van der Waals surface area contributed by atoms with Crippen molar-refractivity contribution < 1.29 is 9.53 Å². The zero-order valence-corrected chi connectivity index (χ0v) is 8.85. The second-order valence-electron chi connectivity index (χ2n) is 3.75. The van der Waals surface area contributed by atoms with E-state index in [1.54, 1.807) is 0 Å². The largest absolute Gasteiger partial charge is 0.469 e. The standard InChI is InChI=1S/C12H15NO2/c1-15-12(14)7-8-13-9-11(13)10-5-3-2-4-6-10/h2-6,11H,7-9H2,1H3. The summed E-state index contributed by atoms with van der Waals surface area (Å²) in [6, 6.07) is 10.9.